The second-order valence-electron chi connectivity index (χ2n) is 4.17. The lowest BCUT2D eigenvalue weighted by molar-refractivity contribution is 0.200. The molecule has 1 atom stereocenters. The van der Waals surface area contributed by atoms with Gasteiger partial charge in [0.05, 0.1) is 26.1 Å². The number of benzene rings is 1. The van der Waals surface area contributed by atoms with Gasteiger partial charge in [-0.05, 0) is 30.2 Å². The third kappa shape index (κ3) is 3.61. The highest BCUT2D eigenvalue weighted by atomic mass is 32.2. The molecule has 1 N–H and O–H groups in total. The van der Waals surface area contributed by atoms with Gasteiger partial charge in [0, 0.05) is 6.26 Å². The SMILES string of the molecule is COc1cc(C)c(C(O)CS(C)(=O)=O)cc1OC. The first-order valence-corrected chi connectivity index (χ1v) is 7.43. The van der Waals surface area contributed by atoms with Crippen LogP contribution in [0.4, 0.5) is 0 Å². The highest BCUT2D eigenvalue weighted by molar-refractivity contribution is 7.90. The van der Waals surface area contributed by atoms with Gasteiger partial charge in [-0.2, -0.15) is 0 Å². The van der Waals surface area contributed by atoms with E-state index in [9.17, 15) is 13.5 Å². The fraction of sp³-hybridized carbons (Fsp3) is 0.500. The van der Waals surface area contributed by atoms with Gasteiger partial charge in [0.2, 0.25) is 0 Å². The molecule has 0 aromatic heterocycles. The third-order valence-corrected chi connectivity index (χ3v) is 3.51. The fourth-order valence-electron chi connectivity index (χ4n) is 1.73. The van der Waals surface area contributed by atoms with Crippen LogP contribution >= 0.6 is 0 Å². The van der Waals surface area contributed by atoms with Gasteiger partial charge in [0.1, 0.15) is 9.84 Å². The van der Waals surface area contributed by atoms with Crippen molar-refractivity contribution in [2.45, 2.75) is 13.0 Å². The van der Waals surface area contributed by atoms with E-state index in [4.69, 9.17) is 9.47 Å². The Morgan fingerprint density at radius 3 is 2.17 bits per heavy atom. The van der Waals surface area contributed by atoms with Crippen LogP contribution in [-0.4, -0.2) is 39.8 Å². The summed E-state index contributed by atoms with van der Waals surface area (Å²) in [7, 11) is -0.242. The number of sulfone groups is 1. The van der Waals surface area contributed by atoms with Crippen molar-refractivity contribution in [2.75, 3.05) is 26.2 Å². The molecule has 0 amide bonds. The maximum Gasteiger partial charge on any atom is 0.161 e. The zero-order valence-electron chi connectivity index (χ0n) is 10.9. The van der Waals surface area contributed by atoms with Gasteiger partial charge in [-0.3, -0.25) is 0 Å². The normalized spacial score (nSPS) is 13.2. The Morgan fingerprint density at radius 2 is 1.72 bits per heavy atom. The molecule has 1 unspecified atom stereocenters. The number of hydrogen-bond donors (Lipinski definition) is 1. The lowest BCUT2D eigenvalue weighted by Crippen LogP contribution is -2.14. The molecule has 1 aromatic rings. The van der Waals surface area contributed by atoms with E-state index in [0.717, 1.165) is 11.8 Å². The second-order valence-corrected chi connectivity index (χ2v) is 6.36. The summed E-state index contributed by atoms with van der Waals surface area (Å²) < 4.78 is 32.6. The summed E-state index contributed by atoms with van der Waals surface area (Å²) in [6.07, 6.45) is 0.0200. The molecule has 6 heteroatoms. The largest absolute Gasteiger partial charge is 0.493 e. The molecule has 0 saturated heterocycles. The van der Waals surface area contributed by atoms with Crippen molar-refractivity contribution in [1.82, 2.24) is 0 Å². The van der Waals surface area contributed by atoms with Crippen molar-refractivity contribution < 1.29 is 23.0 Å². The van der Waals surface area contributed by atoms with Crippen molar-refractivity contribution in [1.29, 1.82) is 0 Å². The number of rotatable bonds is 5. The number of aliphatic hydroxyl groups excluding tert-OH is 1. The average molecular weight is 274 g/mol. The molecule has 1 aromatic carbocycles. The fourth-order valence-corrected chi connectivity index (χ4v) is 2.48. The molecule has 0 bridgehead atoms. The van der Waals surface area contributed by atoms with Crippen molar-refractivity contribution >= 4 is 9.84 Å². The van der Waals surface area contributed by atoms with E-state index >= 15 is 0 Å². The highest BCUT2D eigenvalue weighted by Gasteiger charge is 2.19. The van der Waals surface area contributed by atoms with Crippen LogP contribution in [0.2, 0.25) is 0 Å². The molecule has 1 rings (SSSR count). The minimum absolute atomic E-state index is 0.316. The molecule has 18 heavy (non-hydrogen) atoms. The van der Waals surface area contributed by atoms with E-state index in [1.165, 1.54) is 14.2 Å². The van der Waals surface area contributed by atoms with E-state index < -0.39 is 15.9 Å². The Kier molecular flexibility index (Phi) is 4.59. The zero-order valence-corrected chi connectivity index (χ0v) is 11.7. The van der Waals surface area contributed by atoms with E-state index in [1.807, 2.05) is 0 Å². The molecular weight excluding hydrogens is 256 g/mol. The average Bonchev–Trinajstić information content (AvgIpc) is 2.26. The maximum atomic E-state index is 11.2. The monoisotopic (exact) mass is 274 g/mol. The van der Waals surface area contributed by atoms with Crippen LogP contribution < -0.4 is 9.47 Å². The summed E-state index contributed by atoms with van der Waals surface area (Å²) in [4.78, 5) is 0. The van der Waals surface area contributed by atoms with Gasteiger partial charge in [0.25, 0.3) is 0 Å². The third-order valence-electron chi connectivity index (χ3n) is 2.59. The zero-order chi connectivity index (χ0) is 13.9. The molecule has 0 saturated carbocycles. The summed E-state index contributed by atoms with van der Waals surface area (Å²) in [5, 5.41) is 9.94. The lowest BCUT2D eigenvalue weighted by atomic mass is 10.0. The molecule has 0 fully saturated rings. The molecule has 102 valence electrons. The van der Waals surface area contributed by atoms with E-state index in [1.54, 1.807) is 19.1 Å². The number of hydrogen-bond acceptors (Lipinski definition) is 5. The number of aryl methyl sites for hydroxylation is 1. The Bertz CT molecular complexity index is 522. The lowest BCUT2D eigenvalue weighted by Gasteiger charge is -2.16. The first-order valence-electron chi connectivity index (χ1n) is 5.36. The number of ether oxygens (including phenoxy) is 2. The molecule has 0 aliphatic rings. The van der Waals surface area contributed by atoms with E-state index in [2.05, 4.69) is 0 Å². The summed E-state index contributed by atoms with van der Waals surface area (Å²) in [5.74, 6) is 0.694. The van der Waals surface area contributed by atoms with Crippen molar-refractivity contribution in [3.8, 4) is 11.5 Å². The summed E-state index contributed by atoms with van der Waals surface area (Å²) in [5.41, 5.74) is 1.28. The molecule has 0 aliphatic carbocycles. The Morgan fingerprint density at radius 1 is 1.22 bits per heavy atom. The van der Waals surface area contributed by atoms with Crippen LogP contribution in [0, 0.1) is 6.92 Å². The molecular formula is C12H18O5S. The Labute approximate surface area is 107 Å². The highest BCUT2D eigenvalue weighted by Crippen LogP contribution is 2.33. The minimum Gasteiger partial charge on any atom is -0.493 e. The summed E-state index contributed by atoms with van der Waals surface area (Å²) in [6.45, 7) is 1.78. The van der Waals surface area contributed by atoms with Gasteiger partial charge >= 0.3 is 0 Å². The molecule has 5 nitrogen and oxygen atoms in total. The topological polar surface area (TPSA) is 72.8 Å². The van der Waals surface area contributed by atoms with Gasteiger partial charge in [0.15, 0.2) is 11.5 Å². The quantitative estimate of drug-likeness (QED) is 0.870. The van der Waals surface area contributed by atoms with Gasteiger partial charge in [-0.25, -0.2) is 8.42 Å². The van der Waals surface area contributed by atoms with Crippen LogP contribution in [0.15, 0.2) is 12.1 Å². The molecule has 0 aliphatic heterocycles. The van der Waals surface area contributed by atoms with Gasteiger partial charge < -0.3 is 14.6 Å². The van der Waals surface area contributed by atoms with Crippen molar-refractivity contribution in [3.63, 3.8) is 0 Å². The smallest absolute Gasteiger partial charge is 0.161 e. The van der Waals surface area contributed by atoms with Crippen LogP contribution in [-0.2, 0) is 9.84 Å². The van der Waals surface area contributed by atoms with Gasteiger partial charge in [-0.1, -0.05) is 0 Å². The summed E-state index contributed by atoms with van der Waals surface area (Å²) >= 11 is 0. The summed E-state index contributed by atoms with van der Waals surface area (Å²) in [6, 6.07) is 3.31. The van der Waals surface area contributed by atoms with Gasteiger partial charge in [-0.15, -0.1) is 0 Å². The van der Waals surface area contributed by atoms with E-state index in [-0.39, 0.29) is 5.75 Å². The molecule has 0 spiro atoms. The first-order chi connectivity index (χ1) is 8.28. The Balaban J connectivity index is 3.17. The Hall–Kier alpha value is -1.27. The van der Waals surface area contributed by atoms with E-state index in [0.29, 0.717) is 17.1 Å². The van der Waals surface area contributed by atoms with Crippen molar-refractivity contribution in [2.24, 2.45) is 0 Å². The van der Waals surface area contributed by atoms with Crippen LogP contribution in [0.1, 0.15) is 17.2 Å². The van der Waals surface area contributed by atoms with Crippen molar-refractivity contribution in [3.05, 3.63) is 23.3 Å². The molecule has 0 heterocycles. The van der Waals surface area contributed by atoms with Crippen LogP contribution in [0.3, 0.4) is 0 Å². The molecule has 0 radical (unpaired) electrons. The predicted molar refractivity (Wildman–Crippen MR) is 69.0 cm³/mol. The standard InChI is InChI=1S/C12H18O5S/c1-8-5-11(16-2)12(17-3)6-9(8)10(13)7-18(4,14)15/h5-6,10,13H,7H2,1-4H3. The first kappa shape index (κ1) is 14.8. The van der Waals surface area contributed by atoms with Crippen LogP contribution in [0.25, 0.3) is 0 Å². The predicted octanol–water partition coefficient (Wildman–Crippen LogP) is 1.09. The minimum atomic E-state index is -3.25. The van der Waals surface area contributed by atoms with Crippen LogP contribution in [0.5, 0.6) is 11.5 Å². The maximum absolute atomic E-state index is 11.2. The number of methoxy groups -OCH3 is 2. The second kappa shape index (κ2) is 5.58. The number of aliphatic hydroxyl groups is 1.